The van der Waals surface area contributed by atoms with Crippen LogP contribution in [0.25, 0.3) is 0 Å². The lowest BCUT2D eigenvalue weighted by Crippen LogP contribution is -2.16. The van der Waals surface area contributed by atoms with E-state index in [1.165, 1.54) is 12.1 Å². The van der Waals surface area contributed by atoms with Gasteiger partial charge in [0.1, 0.15) is 16.6 Å². The number of nitrogens with zero attached hydrogens (tertiary/aromatic N) is 1. The van der Waals surface area contributed by atoms with Crippen LogP contribution in [0.3, 0.4) is 0 Å². The van der Waals surface area contributed by atoms with Crippen molar-refractivity contribution in [2.24, 2.45) is 5.73 Å². The van der Waals surface area contributed by atoms with Gasteiger partial charge in [-0.25, -0.2) is 8.78 Å². The molecule has 6 heteroatoms. The van der Waals surface area contributed by atoms with Gasteiger partial charge in [-0.05, 0) is 40.2 Å². The summed E-state index contributed by atoms with van der Waals surface area (Å²) < 4.78 is 29.3. The van der Waals surface area contributed by atoms with E-state index in [1.54, 1.807) is 22.9 Å². The first-order valence-corrected chi connectivity index (χ1v) is 6.28. The molecule has 0 aliphatic rings. The van der Waals surface area contributed by atoms with Crippen molar-refractivity contribution in [2.45, 2.75) is 6.54 Å². The number of aromatic nitrogens is 1. The zero-order valence-corrected chi connectivity index (χ0v) is 11.6. The fourth-order valence-corrected chi connectivity index (χ4v) is 2.22. The maximum Gasteiger partial charge on any atom is 0.145 e. The molecule has 18 heavy (non-hydrogen) atoms. The highest BCUT2D eigenvalue weighted by atomic mass is 79.9. The number of hydrogen-bond acceptors (Lipinski definition) is 1. The van der Waals surface area contributed by atoms with E-state index in [0.717, 1.165) is 0 Å². The summed E-state index contributed by atoms with van der Waals surface area (Å²) in [6, 6.07) is 5.98. The van der Waals surface area contributed by atoms with Gasteiger partial charge in [0.05, 0.1) is 16.7 Å². The monoisotopic (exact) mass is 330 g/mol. The van der Waals surface area contributed by atoms with E-state index in [2.05, 4.69) is 15.9 Å². The highest BCUT2D eigenvalue weighted by Gasteiger charge is 2.14. The lowest BCUT2D eigenvalue weighted by Gasteiger charge is -2.10. The van der Waals surface area contributed by atoms with E-state index in [1.807, 2.05) is 0 Å². The van der Waals surface area contributed by atoms with Gasteiger partial charge in [0.25, 0.3) is 0 Å². The van der Waals surface area contributed by atoms with Crippen molar-refractivity contribution in [1.29, 1.82) is 0 Å². The largest absolute Gasteiger partial charge is 0.388 e. The van der Waals surface area contributed by atoms with Crippen LogP contribution >= 0.6 is 28.1 Å². The van der Waals surface area contributed by atoms with Gasteiger partial charge >= 0.3 is 0 Å². The van der Waals surface area contributed by atoms with Crippen LogP contribution in [0, 0.1) is 11.6 Å². The molecule has 0 aliphatic carbocycles. The van der Waals surface area contributed by atoms with Crippen molar-refractivity contribution in [2.75, 3.05) is 0 Å². The predicted molar refractivity (Wildman–Crippen MR) is 73.5 cm³/mol. The molecule has 0 bridgehead atoms. The maximum absolute atomic E-state index is 13.8. The van der Waals surface area contributed by atoms with E-state index in [0.29, 0.717) is 5.69 Å². The Balaban J connectivity index is 2.43. The Morgan fingerprint density at radius 1 is 1.33 bits per heavy atom. The topological polar surface area (TPSA) is 30.9 Å². The number of nitrogens with two attached hydrogens (primary N) is 1. The second-order valence-electron chi connectivity index (χ2n) is 3.71. The smallest absolute Gasteiger partial charge is 0.145 e. The Morgan fingerprint density at radius 2 is 2.06 bits per heavy atom. The molecule has 0 atom stereocenters. The first kappa shape index (κ1) is 13.2. The number of rotatable bonds is 3. The molecular weight excluding hydrogens is 322 g/mol. The standard InChI is InChI=1S/C12H9BrF2N2S/c13-8-3-4-9(14)7(11(8)15)6-17-5-1-2-10(17)12(16)18/h1-5H,6H2,(H2,16,18). The van der Waals surface area contributed by atoms with Crippen molar-refractivity contribution in [3.05, 3.63) is 57.8 Å². The van der Waals surface area contributed by atoms with E-state index in [4.69, 9.17) is 18.0 Å². The zero-order valence-electron chi connectivity index (χ0n) is 9.16. The molecule has 2 rings (SSSR count). The van der Waals surface area contributed by atoms with E-state index < -0.39 is 11.6 Å². The molecule has 0 saturated carbocycles. The second kappa shape index (κ2) is 5.16. The maximum atomic E-state index is 13.8. The van der Waals surface area contributed by atoms with Crippen LogP contribution in [-0.2, 0) is 6.54 Å². The van der Waals surface area contributed by atoms with Gasteiger partial charge in [-0.3, -0.25) is 0 Å². The summed E-state index contributed by atoms with van der Waals surface area (Å²) in [6.07, 6.45) is 1.67. The molecule has 0 radical (unpaired) electrons. The minimum absolute atomic E-state index is 0.0296. The number of benzene rings is 1. The molecular formula is C12H9BrF2N2S. The van der Waals surface area contributed by atoms with Crippen LogP contribution < -0.4 is 5.73 Å². The van der Waals surface area contributed by atoms with Gasteiger partial charge in [0, 0.05) is 11.8 Å². The fourth-order valence-electron chi connectivity index (χ4n) is 1.66. The summed E-state index contributed by atoms with van der Waals surface area (Å²) in [5, 5.41) is 0. The first-order chi connectivity index (χ1) is 8.50. The van der Waals surface area contributed by atoms with Gasteiger partial charge in [-0.1, -0.05) is 12.2 Å². The Morgan fingerprint density at radius 3 is 2.72 bits per heavy atom. The average Bonchev–Trinajstić information content (AvgIpc) is 2.78. The molecule has 0 spiro atoms. The van der Waals surface area contributed by atoms with E-state index in [9.17, 15) is 8.78 Å². The number of hydrogen-bond donors (Lipinski definition) is 1. The third kappa shape index (κ3) is 2.44. The van der Waals surface area contributed by atoms with Crippen LogP contribution in [0.15, 0.2) is 34.9 Å². The molecule has 2 N–H and O–H groups in total. The van der Waals surface area contributed by atoms with Crippen molar-refractivity contribution in [3.63, 3.8) is 0 Å². The van der Waals surface area contributed by atoms with Crippen molar-refractivity contribution in [1.82, 2.24) is 4.57 Å². The van der Waals surface area contributed by atoms with Crippen molar-refractivity contribution >= 4 is 33.1 Å². The Labute approximate surface area is 117 Å². The van der Waals surface area contributed by atoms with Crippen LogP contribution in [0.5, 0.6) is 0 Å². The Bertz CT molecular complexity index is 610. The lowest BCUT2D eigenvalue weighted by molar-refractivity contribution is 0.540. The SMILES string of the molecule is NC(=S)c1cccn1Cc1c(F)ccc(Br)c1F. The highest BCUT2D eigenvalue weighted by Crippen LogP contribution is 2.23. The third-order valence-electron chi connectivity index (χ3n) is 2.55. The van der Waals surface area contributed by atoms with Gasteiger partial charge in [-0.15, -0.1) is 0 Å². The summed E-state index contributed by atoms with van der Waals surface area (Å²) in [6.45, 7) is 0.0385. The van der Waals surface area contributed by atoms with Crippen molar-refractivity contribution in [3.8, 4) is 0 Å². The highest BCUT2D eigenvalue weighted by molar-refractivity contribution is 9.10. The molecule has 94 valence electrons. The minimum Gasteiger partial charge on any atom is -0.388 e. The minimum atomic E-state index is -0.613. The molecule has 0 aliphatic heterocycles. The fraction of sp³-hybridized carbons (Fsp3) is 0.0833. The Hall–Kier alpha value is -1.27. The first-order valence-electron chi connectivity index (χ1n) is 5.08. The van der Waals surface area contributed by atoms with Gasteiger partial charge < -0.3 is 10.3 Å². The lowest BCUT2D eigenvalue weighted by atomic mass is 10.2. The molecule has 1 heterocycles. The van der Waals surface area contributed by atoms with Gasteiger partial charge in [0.15, 0.2) is 0 Å². The molecule has 0 amide bonds. The van der Waals surface area contributed by atoms with Crippen LogP contribution in [0.2, 0.25) is 0 Å². The third-order valence-corrected chi connectivity index (χ3v) is 3.37. The van der Waals surface area contributed by atoms with Crippen LogP contribution in [0.1, 0.15) is 11.3 Å². The Kier molecular flexibility index (Phi) is 3.77. The normalized spacial score (nSPS) is 10.6. The molecule has 0 saturated heterocycles. The molecule has 1 aromatic heterocycles. The molecule has 1 aromatic carbocycles. The second-order valence-corrected chi connectivity index (χ2v) is 5.00. The summed E-state index contributed by atoms with van der Waals surface area (Å²) in [4.78, 5) is 0.191. The number of thiocarbonyl (C=S) groups is 1. The molecule has 2 aromatic rings. The molecule has 0 unspecified atom stereocenters. The summed E-state index contributed by atoms with van der Waals surface area (Å²) in [5.41, 5.74) is 6.08. The van der Waals surface area contributed by atoms with Crippen molar-refractivity contribution < 1.29 is 8.78 Å². The van der Waals surface area contributed by atoms with Crippen LogP contribution in [0.4, 0.5) is 8.78 Å². The van der Waals surface area contributed by atoms with Gasteiger partial charge in [0.2, 0.25) is 0 Å². The molecule has 2 nitrogen and oxygen atoms in total. The molecule has 0 fully saturated rings. The number of halogens is 3. The zero-order chi connectivity index (χ0) is 13.3. The van der Waals surface area contributed by atoms with Crippen LogP contribution in [-0.4, -0.2) is 9.56 Å². The quantitative estimate of drug-likeness (QED) is 0.692. The summed E-state index contributed by atoms with van der Waals surface area (Å²) in [5.74, 6) is -1.21. The van der Waals surface area contributed by atoms with E-state index >= 15 is 0 Å². The predicted octanol–water partition coefficient (Wildman–Crippen LogP) is 3.21. The van der Waals surface area contributed by atoms with E-state index in [-0.39, 0.29) is 21.6 Å². The summed E-state index contributed by atoms with van der Waals surface area (Å²) in [7, 11) is 0. The summed E-state index contributed by atoms with van der Waals surface area (Å²) >= 11 is 7.90. The van der Waals surface area contributed by atoms with Gasteiger partial charge in [-0.2, -0.15) is 0 Å². The average molecular weight is 331 g/mol.